The maximum atomic E-state index is 12.2. The maximum Gasteiger partial charge on any atom is 0.254 e. The van der Waals surface area contributed by atoms with Gasteiger partial charge in [-0.25, -0.2) is 4.68 Å². The van der Waals surface area contributed by atoms with E-state index in [2.05, 4.69) is 24.7 Å². The first-order valence-electron chi connectivity index (χ1n) is 10.6. The summed E-state index contributed by atoms with van der Waals surface area (Å²) in [5.74, 6) is 1.35. The number of primary amides is 1. The molecular weight excluding hydrogens is 406 g/mol. The molecule has 2 aliphatic rings. The third kappa shape index (κ3) is 4.03. The lowest BCUT2D eigenvalue weighted by molar-refractivity contribution is -0.125. The normalized spacial score (nSPS) is 20.2. The average Bonchev–Trinajstić information content (AvgIpc) is 3.40. The lowest BCUT2D eigenvalue weighted by atomic mass is 10.0. The third-order valence-electron chi connectivity index (χ3n) is 5.92. The van der Waals surface area contributed by atoms with Crippen LogP contribution < -0.4 is 16.2 Å². The predicted molar refractivity (Wildman–Crippen MR) is 123 cm³/mol. The van der Waals surface area contributed by atoms with Crippen molar-refractivity contribution in [3.05, 3.63) is 66.5 Å². The third-order valence-corrected chi connectivity index (χ3v) is 5.92. The van der Waals surface area contributed by atoms with Gasteiger partial charge in [0.2, 0.25) is 5.91 Å². The Morgan fingerprint density at radius 1 is 1.28 bits per heavy atom. The van der Waals surface area contributed by atoms with Crippen molar-refractivity contribution in [1.29, 1.82) is 0 Å². The van der Waals surface area contributed by atoms with Crippen LogP contribution in [0.3, 0.4) is 0 Å². The van der Waals surface area contributed by atoms with Crippen molar-refractivity contribution in [2.24, 2.45) is 11.7 Å². The van der Waals surface area contributed by atoms with Gasteiger partial charge in [-0.15, -0.1) is 0 Å². The minimum atomic E-state index is -0.644. The number of anilines is 1. The first-order chi connectivity index (χ1) is 15.4. The molecule has 32 heavy (non-hydrogen) atoms. The van der Waals surface area contributed by atoms with Crippen LogP contribution in [0.4, 0.5) is 5.82 Å². The van der Waals surface area contributed by atoms with E-state index in [4.69, 9.17) is 16.2 Å². The average molecular weight is 434 g/mol. The molecule has 1 fully saturated rings. The Balaban J connectivity index is 1.61. The predicted octanol–water partition coefficient (Wildman–Crippen LogP) is 3.05. The highest BCUT2D eigenvalue weighted by Crippen LogP contribution is 2.33. The van der Waals surface area contributed by atoms with E-state index >= 15 is 0 Å². The number of carbonyl (C=O) groups is 2. The van der Waals surface area contributed by atoms with Crippen LogP contribution in [0.25, 0.3) is 11.3 Å². The van der Waals surface area contributed by atoms with Crippen molar-refractivity contribution >= 4 is 17.6 Å². The van der Waals surface area contributed by atoms with E-state index in [-0.39, 0.29) is 23.3 Å². The Morgan fingerprint density at radius 2 is 2.03 bits per heavy atom. The minimum Gasteiger partial charge on any atom is -0.461 e. The van der Waals surface area contributed by atoms with Gasteiger partial charge in [0, 0.05) is 24.6 Å². The number of carbonyl (C=O) groups excluding carboxylic acids is 2. The molecule has 8 heteroatoms. The summed E-state index contributed by atoms with van der Waals surface area (Å²) in [4.78, 5) is 25.8. The van der Waals surface area contributed by atoms with Gasteiger partial charge < -0.3 is 21.1 Å². The Hall–Kier alpha value is -3.81. The summed E-state index contributed by atoms with van der Waals surface area (Å²) < 4.78 is 7.62. The highest BCUT2D eigenvalue weighted by atomic mass is 16.5. The Kier molecular flexibility index (Phi) is 5.85. The molecule has 2 atom stereocenters. The smallest absolute Gasteiger partial charge is 0.254 e. The van der Waals surface area contributed by atoms with Crippen molar-refractivity contribution in [2.75, 3.05) is 18.8 Å². The summed E-state index contributed by atoms with van der Waals surface area (Å²) in [5.41, 5.74) is 13.2. The number of ether oxygens (including phenoxy) is 1. The Bertz CT molecular complexity index is 1110. The molecule has 2 heterocycles. The number of aromatic nitrogens is 2. The fourth-order valence-electron chi connectivity index (χ4n) is 4.12. The van der Waals surface area contributed by atoms with Gasteiger partial charge in [-0.1, -0.05) is 25.7 Å². The summed E-state index contributed by atoms with van der Waals surface area (Å²) in [5, 5.41) is 4.63. The second-order valence-corrected chi connectivity index (χ2v) is 8.11. The standard InChI is InChI=1S/C24H27N5O3/c1-3-20(30)28-13-12-17(14-28)29-23(25)21(24(26)31)22(27-29)16-8-10-18(11-9-16)32-19-7-5-4-6-15(19)2/h3-5,7-11,15,17H,1,6,12-14,25H2,2H3,(H2,26,31). The molecule has 4 N–H and O–H groups in total. The van der Waals surface area contributed by atoms with Gasteiger partial charge in [0.1, 0.15) is 28.6 Å². The molecule has 2 aromatic rings. The van der Waals surface area contributed by atoms with Crippen LogP contribution in [0.1, 0.15) is 36.2 Å². The molecule has 4 rings (SSSR count). The lowest BCUT2D eigenvalue weighted by Crippen LogP contribution is -2.27. The van der Waals surface area contributed by atoms with E-state index < -0.39 is 5.91 Å². The number of amides is 2. The molecule has 2 unspecified atom stereocenters. The number of allylic oxidation sites excluding steroid dienone is 4. The van der Waals surface area contributed by atoms with Gasteiger partial charge in [-0.2, -0.15) is 5.10 Å². The quantitative estimate of drug-likeness (QED) is 0.679. The van der Waals surface area contributed by atoms with Crippen molar-refractivity contribution in [1.82, 2.24) is 14.7 Å². The monoisotopic (exact) mass is 433 g/mol. The van der Waals surface area contributed by atoms with Gasteiger partial charge in [-0.3, -0.25) is 9.59 Å². The van der Waals surface area contributed by atoms with Crippen LogP contribution in [0.15, 0.2) is 60.9 Å². The molecule has 0 spiro atoms. The summed E-state index contributed by atoms with van der Waals surface area (Å²) in [6.45, 7) is 6.67. The topological polar surface area (TPSA) is 116 Å². The summed E-state index contributed by atoms with van der Waals surface area (Å²) >= 11 is 0. The molecule has 166 valence electrons. The SMILES string of the molecule is C=CC(=O)N1CCC(n2nc(-c3ccc(OC4=CC=CCC4C)cc3)c(C(N)=O)c2N)C1. The maximum absolute atomic E-state index is 12.2. The fraction of sp³-hybridized carbons (Fsp3) is 0.292. The molecule has 1 saturated heterocycles. The zero-order valence-corrected chi connectivity index (χ0v) is 18.0. The van der Waals surface area contributed by atoms with Crippen LogP contribution in [0, 0.1) is 5.92 Å². The van der Waals surface area contributed by atoms with E-state index in [9.17, 15) is 9.59 Å². The molecule has 1 aromatic heterocycles. The first-order valence-corrected chi connectivity index (χ1v) is 10.6. The molecule has 0 bridgehead atoms. The second kappa shape index (κ2) is 8.74. The largest absolute Gasteiger partial charge is 0.461 e. The summed E-state index contributed by atoms with van der Waals surface area (Å²) in [6, 6.07) is 7.20. The van der Waals surface area contributed by atoms with Crippen molar-refractivity contribution in [2.45, 2.75) is 25.8 Å². The summed E-state index contributed by atoms with van der Waals surface area (Å²) in [6.07, 6.45) is 8.99. The number of likely N-dealkylation sites (tertiary alicyclic amines) is 1. The number of hydrogen-bond acceptors (Lipinski definition) is 5. The summed E-state index contributed by atoms with van der Waals surface area (Å²) in [7, 11) is 0. The highest BCUT2D eigenvalue weighted by Gasteiger charge is 2.31. The molecule has 8 nitrogen and oxygen atoms in total. The molecule has 0 radical (unpaired) electrons. The highest BCUT2D eigenvalue weighted by molar-refractivity contribution is 6.03. The first kappa shape index (κ1) is 21.4. The van der Waals surface area contributed by atoms with E-state index in [0.717, 1.165) is 12.2 Å². The van der Waals surface area contributed by atoms with E-state index in [1.807, 2.05) is 36.4 Å². The van der Waals surface area contributed by atoms with Crippen molar-refractivity contribution in [3.63, 3.8) is 0 Å². The minimum absolute atomic E-state index is 0.137. The zero-order chi connectivity index (χ0) is 22.8. The zero-order valence-electron chi connectivity index (χ0n) is 18.0. The van der Waals surface area contributed by atoms with E-state index in [0.29, 0.717) is 42.4 Å². The van der Waals surface area contributed by atoms with Crippen LogP contribution in [-0.4, -0.2) is 39.6 Å². The Labute approximate surface area is 186 Å². The van der Waals surface area contributed by atoms with E-state index in [1.165, 1.54) is 6.08 Å². The number of rotatable bonds is 6. The number of nitrogen functional groups attached to an aromatic ring is 1. The van der Waals surface area contributed by atoms with Gasteiger partial charge in [0.25, 0.3) is 5.91 Å². The molecule has 0 saturated carbocycles. The molecule has 2 amide bonds. The number of benzene rings is 1. The van der Waals surface area contributed by atoms with Crippen LogP contribution in [-0.2, 0) is 4.79 Å². The van der Waals surface area contributed by atoms with E-state index in [1.54, 1.807) is 9.58 Å². The molecule has 1 aromatic carbocycles. The fourth-order valence-corrected chi connectivity index (χ4v) is 4.12. The van der Waals surface area contributed by atoms with Crippen LogP contribution in [0.2, 0.25) is 0 Å². The Morgan fingerprint density at radius 3 is 2.69 bits per heavy atom. The van der Waals surface area contributed by atoms with Gasteiger partial charge in [-0.05, 0) is 49.3 Å². The number of hydrogen-bond donors (Lipinski definition) is 2. The lowest BCUT2D eigenvalue weighted by Gasteiger charge is -2.18. The number of nitrogens with zero attached hydrogens (tertiary/aromatic N) is 3. The number of nitrogens with two attached hydrogens (primary N) is 2. The van der Waals surface area contributed by atoms with Crippen LogP contribution >= 0.6 is 0 Å². The van der Waals surface area contributed by atoms with Gasteiger partial charge in [0.15, 0.2) is 0 Å². The second-order valence-electron chi connectivity index (χ2n) is 8.11. The van der Waals surface area contributed by atoms with Gasteiger partial charge >= 0.3 is 0 Å². The molecule has 1 aliphatic carbocycles. The van der Waals surface area contributed by atoms with Crippen LogP contribution in [0.5, 0.6) is 5.75 Å². The van der Waals surface area contributed by atoms with Crippen molar-refractivity contribution < 1.29 is 14.3 Å². The molecule has 1 aliphatic heterocycles. The van der Waals surface area contributed by atoms with Crippen molar-refractivity contribution in [3.8, 4) is 17.0 Å². The molecular formula is C24H27N5O3. The van der Waals surface area contributed by atoms with Gasteiger partial charge in [0.05, 0.1) is 6.04 Å².